The SMILES string of the molecule is CC(C)(C)c1ccc2c(c1)c1cc(C(C)(C)C)cc3c1n2-c1c(c(-c2cc4ccccc4cc2Nc2ccc(-c4ccccc4)cc2)cc2ccccc12)B3. The molecule has 1 aliphatic rings. The fourth-order valence-electron chi connectivity index (χ4n) is 8.83. The van der Waals surface area contributed by atoms with Gasteiger partial charge in [0.05, 0.1) is 5.52 Å². The maximum atomic E-state index is 3.90. The predicted octanol–water partition coefficient (Wildman–Crippen LogP) is 12.5. The summed E-state index contributed by atoms with van der Waals surface area (Å²) in [5.41, 5.74) is 16.6. The van der Waals surface area contributed by atoms with Crippen molar-refractivity contribution in [2.75, 3.05) is 5.32 Å². The lowest BCUT2D eigenvalue weighted by Gasteiger charge is -2.28. The molecule has 3 heteroatoms. The van der Waals surface area contributed by atoms with E-state index in [9.17, 15) is 0 Å². The van der Waals surface area contributed by atoms with Crippen LogP contribution >= 0.6 is 0 Å². The first-order valence-corrected chi connectivity index (χ1v) is 19.6. The van der Waals surface area contributed by atoms with Crippen molar-refractivity contribution in [3.8, 4) is 27.9 Å². The van der Waals surface area contributed by atoms with Crippen LogP contribution < -0.4 is 16.2 Å². The molecule has 0 radical (unpaired) electrons. The van der Waals surface area contributed by atoms with Crippen molar-refractivity contribution in [3.63, 3.8) is 0 Å². The molecule has 0 unspecified atom stereocenters. The Balaban J connectivity index is 1.25. The van der Waals surface area contributed by atoms with Gasteiger partial charge < -0.3 is 9.88 Å². The summed E-state index contributed by atoms with van der Waals surface area (Å²) in [4.78, 5) is 0. The van der Waals surface area contributed by atoms with Crippen molar-refractivity contribution < 1.29 is 0 Å². The third kappa shape index (κ3) is 5.56. The molecule has 0 aliphatic carbocycles. The molecular formula is C52H45BN2. The molecule has 0 bridgehead atoms. The maximum Gasteiger partial charge on any atom is 0.198 e. The van der Waals surface area contributed by atoms with E-state index in [4.69, 9.17) is 0 Å². The smallest absolute Gasteiger partial charge is 0.198 e. The van der Waals surface area contributed by atoms with E-state index in [1.54, 1.807) is 0 Å². The summed E-state index contributed by atoms with van der Waals surface area (Å²) >= 11 is 0. The van der Waals surface area contributed by atoms with Crippen LogP contribution in [0.25, 0.3) is 71.3 Å². The van der Waals surface area contributed by atoms with Crippen LogP contribution in [-0.2, 0) is 10.8 Å². The lowest BCUT2D eigenvalue weighted by Crippen LogP contribution is -2.38. The Morgan fingerprint density at radius 2 is 1.11 bits per heavy atom. The van der Waals surface area contributed by atoms with E-state index in [-0.39, 0.29) is 10.8 Å². The van der Waals surface area contributed by atoms with Crippen molar-refractivity contribution in [3.05, 3.63) is 163 Å². The Morgan fingerprint density at radius 3 is 1.84 bits per heavy atom. The zero-order chi connectivity index (χ0) is 37.6. The van der Waals surface area contributed by atoms with E-state index in [0.29, 0.717) is 0 Å². The van der Waals surface area contributed by atoms with Crippen molar-refractivity contribution in [1.29, 1.82) is 0 Å². The molecule has 1 N–H and O–H groups in total. The highest BCUT2D eigenvalue weighted by atomic mass is 15.0. The van der Waals surface area contributed by atoms with Gasteiger partial charge in [0.1, 0.15) is 0 Å². The van der Waals surface area contributed by atoms with Crippen LogP contribution in [0.15, 0.2) is 152 Å². The second kappa shape index (κ2) is 12.2. The normalized spacial score (nSPS) is 12.7. The summed E-state index contributed by atoms with van der Waals surface area (Å²) in [5, 5.41) is 11.6. The minimum atomic E-state index is 0.0126. The molecule has 9 aromatic rings. The fourth-order valence-corrected chi connectivity index (χ4v) is 8.83. The zero-order valence-corrected chi connectivity index (χ0v) is 32.6. The largest absolute Gasteiger partial charge is 0.355 e. The number of nitrogens with zero attached hydrogens (tertiary/aromatic N) is 1. The summed E-state index contributed by atoms with van der Waals surface area (Å²) < 4.78 is 2.61. The summed E-state index contributed by atoms with van der Waals surface area (Å²) in [6, 6.07) is 56.5. The van der Waals surface area contributed by atoms with Gasteiger partial charge in [-0.05, 0) is 109 Å². The van der Waals surface area contributed by atoms with Crippen LogP contribution in [0, 0.1) is 0 Å². The van der Waals surface area contributed by atoms with Gasteiger partial charge in [0.15, 0.2) is 7.28 Å². The molecular weight excluding hydrogens is 663 g/mol. The highest BCUT2D eigenvalue weighted by molar-refractivity contribution is 6.74. The van der Waals surface area contributed by atoms with E-state index >= 15 is 0 Å². The molecule has 2 nitrogen and oxygen atoms in total. The van der Waals surface area contributed by atoms with E-state index in [0.717, 1.165) is 18.7 Å². The summed E-state index contributed by atoms with van der Waals surface area (Å²) in [5.74, 6) is 0. The van der Waals surface area contributed by atoms with E-state index in [2.05, 4.69) is 203 Å². The van der Waals surface area contributed by atoms with Crippen molar-refractivity contribution in [2.45, 2.75) is 52.4 Å². The zero-order valence-electron chi connectivity index (χ0n) is 32.6. The minimum absolute atomic E-state index is 0.0126. The van der Waals surface area contributed by atoms with E-state index in [1.807, 2.05) is 0 Å². The Hall–Kier alpha value is -6.06. The van der Waals surface area contributed by atoms with Gasteiger partial charge in [0.2, 0.25) is 0 Å². The van der Waals surface area contributed by atoms with Crippen molar-refractivity contribution in [2.24, 2.45) is 0 Å². The van der Waals surface area contributed by atoms with Crippen LogP contribution in [0.3, 0.4) is 0 Å². The van der Waals surface area contributed by atoms with E-state index < -0.39 is 0 Å². The van der Waals surface area contributed by atoms with Crippen LogP contribution in [0.4, 0.5) is 11.4 Å². The third-order valence-corrected chi connectivity index (χ3v) is 11.8. The molecule has 0 saturated heterocycles. The number of benzene rings is 8. The van der Waals surface area contributed by atoms with E-state index in [1.165, 1.54) is 93.3 Å². The first-order valence-electron chi connectivity index (χ1n) is 19.6. The summed E-state index contributed by atoms with van der Waals surface area (Å²) in [6.07, 6.45) is 0. The van der Waals surface area contributed by atoms with Crippen LogP contribution in [0.2, 0.25) is 0 Å². The quantitative estimate of drug-likeness (QED) is 0.180. The van der Waals surface area contributed by atoms with Crippen molar-refractivity contribution in [1.82, 2.24) is 4.57 Å². The van der Waals surface area contributed by atoms with Gasteiger partial charge >= 0.3 is 0 Å². The molecule has 266 valence electrons. The monoisotopic (exact) mass is 708 g/mol. The van der Waals surface area contributed by atoms with Crippen LogP contribution in [-0.4, -0.2) is 11.8 Å². The Bertz CT molecular complexity index is 2970. The maximum absolute atomic E-state index is 3.90. The third-order valence-electron chi connectivity index (χ3n) is 11.8. The van der Waals surface area contributed by atoms with Crippen LogP contribution in [0.5, 0.6) is 0 Å². The molecule has 0 amide bonds. The summed E-state index contributed by atoms with van der Waals surface area (Å²) in [7, 11) is 0.858. The fraction of sp³-hybridized carbons (Fsp3) is 0.154. The molecule has 0 fully saturated rings. The second-order valence-corrected chi connectivity index (χ2v) is 17.6. The number of nitrogens with one attached hydrogen (secondary N) is 1. The standard InChI is InChI=1S/C52H45BN2/c1-51(2,3)37-22-25-47-42(29-37)44-30-38(52(4,5)6)31-45-49(44)55(47)50-40-19-13-12-18-36(40)27-43(48(50)53-45)41-26-34-16-10-11-17-35(34)28-46(41)54-39-23-20-33(21-24-39)32-14-8-7-9-15-32/h7-31,53-54H,1-6H3. The first kappa shape index (κ1) is 33.5. The molecule has 8 aromatic carbocycles. The second-order valence-electron chi connectivity index (χ2n) is 17.6. The van der Waals surface area contributed by atoms with Crippen molar-refractivity contribution >= 4 is 72.9 Å². The molecule has 2 heterocycles. The molecule has 10 rings (SSSR count). The number of fused-ring (bicyclic) bond motifs is 8. The molecule has 1 aromatic heterocycles. The number of anilines is 2. The number of hydrogen-bond donors (Lipinski definition) is 1. The molecule has 55 heavy (non-hydrogen) atoms. The average Bonchev–Trinajstić information content (AvgIpc) is 3.52. The van der Waals surface area contributed by atoms with Gasteiger partial charge in [-0.25, -0.2) is 0 Å². The van der Waals surface area contributed by atoms with Gasteiger partial charge in [0, 0.05) is 44.3 Å². The van der Waals surface area contributed by atoms with Gasteiger partial charge in [0.25, 0.3) is 0 Å². The lowest BCUT2D eigenvalue weighted by molar-refractivity contribution is 0.590. The highest BCUT2D eigenvalue weighted by Crippen LogP contribution is 2.42. The van der Waals surface area contributed by atoms with Gasteiger partial charge in [-0.2, -0.15) is 0 Å². The Kier molecular flexibility index (Phi) is 7.45. The average molecular weight is 709 g/mol. The molecule has 1 aliphatic heterocycles. The van der Waals surface area contributed by atoms with Gasteiger partial charge in [-0.1, -0.05) is 150 Å². The topological polar surface area (TPSA) is 17.0 Å². The number of aromatic nitrogens is 1. The van der Waals surface area contributed by atoms with Gasteiger partial charge in [-0.3, -0.25) is 0 Å². The molecule has 0 atom stereocenters. The predicted molar refractivity (Wildman–Crippen MR) is 240 cm³/mol. The highest BCUT2D eigenvalue weighted by Gasteiger charge is 2.30. The van der Waals surface area contributed by atoms with Gasteiger partial charge in [-0.15, -0.1) is 0 Å². The van der Waals surface area contributed by atoms with Crippen LogP contribution in [0.1, 0.15) is 52.7 Å². The lowest BCUT2D eigenvalue weighted by atomic mass is 9.58. The molecule has 0 spiro atoms. The first-order chi connectivity index (χ1) is 26.5. The summed E-state index contributed by atoms with van der Waals surface area (Å²) in [6.45, 7) is 14.0. The Morgan fingerprint density at radius 1 is 0.491 bits per heavy atom. The molecule has 0 saturated carbocycles. The Labute approximate surface area is 324 Å². The number of hydrogen-bond acceptors (Lipinski definition) is 1. The number of rotatable bonds is 4. The minimum Gasteiger partial charge on any atom is -0.355 e.